The highest BCUT2D eigenvalue weighted by Gasteiger charge is 2.17. The van der Waals surface area contributed by atoms with Gasteiger partial charge in [-0.15, -0.1) is 10.2 Å². The fourth-order valence-electron chi connectivity index (χ4n) is 4.23. The molecule has 1 fully saturated rings. The van der Waals surface area contributed by atoms with Crippen LogP contribution in [0.4, 0.5) is 0 Å². The second-order valence-corrected chi connectivity index (χ2v) is 9.00. The number of benzene rings is 1. The van der Waals surface area contributed by atoms with Crippen molar-refractivity contribution in [2.24, 2.45) is 5.92 Å². The van der Waals surface area contributed by atoms with Gasteiger partial charge < -0.3 is 0 Å². The summed E-state index contributed by atoms with van der Waals surface area (Å²) in [5.41, 5.74) is 6.11. The molecule has 0 spiro atoms. The molecule has 1 saturated carbocycles. The van der Waals surface area contributed by atoms with Crippen LogP contribution in [-0.2, 0) is 6.54 Å². The molecule has 5 nitrogen and oxygen atoms in total. The van der Waals surface area contributed by atoms with Crippen LogP contribution in [0.2, 0.25) is 0 Å². The molecule has 29 heavy (non-hydrogen) atoms. The summed E-state index contributed by atoms with van der Waals surface area (Å²) < 4.78 is 3.00. The third-order valence-corrected chi connectivity index (χ3v) is 6.26. The number of aryl methyl sites for hydroxylation is 1. The minimum Gasteiger partial charge on any atom is -0.272 e. The second kappa shape index (κ2) is 7.82. The zero-order chi connectivity index (χ0) is 19.8. The average molecular weight is 495 g/mol. The first-order valence-corrected chi connectivity index (χ1v) is 11.2. The number of rotatable bonds is 4. The van der Waals surface area contributed by atoms with Crippen molar-refractivity contribution in [1.82, 2.24) is 25.0 Å². The Kier molecular flexibility index (Phi) is 5.03. The Balaban J connectivity index is 1.54. The molecular weight excluding hydrogens is 473 g/mol. The highest BCUT2D eigenvalue weighted by atomic mass is 127. The van der Waals surface area contributed by atoms with Crippen LogP contribution in [-0.4, -0.2) is 25.0 Å². The number of fused-ring (bicyclic) bond motifs is 1. The number of hydrogen-bond donors (Lipinski definition) is 0. The molecule has 0 bridgehead atoms. The first-order chi connectivity index (χ1) is 14.2. The van der Waals surface area contributed by atoms with Crippen LogP contribution in [0.3, 0.4) is 0 Å². The molecule has 0 saturated heterocycles. The Morgan fingerprint density at radius 2 is 1.90 bits per heavy atom. The highest BCUT2D eigenvalue weighted by molar-refractivity contribution is 14.1. The van der Waals surface area contributed by atoms with Crippen molar-refractivity contribution >= 4 is 33.5 Å². The molecule has 0 amide bonds. The smallest absolute Gasteiger partial charge is 0.124 e. The minimum absolute atomic E-state index is 0.764. The predicted molar refractivity (Wildman–Crippen MR) is 123 cm³/mol. The van der Waals surface area contributed by atoms with Gasteiger partial charge in [0.1, 0.15) is 3.70 Å². The molecule has 3 heterocycles. The zero-order valence-corrected chi connectivity index (χ0v) is 18.5. The summed E-state index contributed by atoms with van der Waals surface area (Å²) in [6, 6.07) is 12.6. The van der Waals surface area contributed by atoms with Gasteiger partial charge in [-0.1, -0.05) is 31.0 Å². The van der Waals surface area contributed by atoms with Crippen molar-refractivity contribution in [3.05, 3.63) is 58.2 Å². The molecule has 1 aliphatic rings. The number of halogens is 1. The highest BCUT2D eigenvalue weighted by Crippen LogP contribution is 2.33. The Hall–Kier alpha value is -2.35. The molecule has 0 aliphatic heterocycles. The van der Waals surface area contributed by atoms with E-state index < -0.39 is 0 Å². The van der Waals surface area contributed by atoms with Gasteiger partial charge in [0.05, 0.1) is 17.4 Å². The first-order valence-electron chi connectivity index (χ1n) is 10.1. The lowest BCUT2D eigenvalue weighted by Crippen LogP contribution is -2.07. The summed E-state index contributed by atoms with van der Waals surface area (Å²) in [6.07, 6.45) is 9.49. The van der Waals surface area contributed by atoms with Crippen molar-refractivity contribution in [1.29, 1.82) is 0 Å². The van der Waals surface area contributed by atoms with E-state index in [-0.39, 0.29) is 0 Å². The standard InChI is InChI=1S/C23H22IN5/c1-15-6-9-20(19-12-25-29(14-19)13-16-4-2-3-5-16)23(26-15)18-8-7-17-11-22(24)28-27-21(17)10-18/h6-12,14,16H,2-5,13H2,1H3. The number of aromatic nitrogens is 5. The summed E-state index contributed by atoms with van der Waals surface area (Å²) in [4.78, 5) is 4.87. The maximum absolute atomic E-state index is 4.87. The fraction of sp³-hybridized carbons (Fsp3) is 0.304. The maximum atomic E-state index is 4.87. The molecule has 5 rings (SSSR count). The van der Waals surface area contributed by atoms with Gasteiger partial charge in [0, 0.05) is 40.5 Å². The van der Waals surface area contributed by atoms with E-state index in [1.807, 2.05) is 19.2 Å². The minimum atomic E-state index is 0.764. The van der Waals surface area contributed by atoms with Gasteiger partial charge in [0.25, 0.3) is 0 Å². The first kappa shape index (κ1) is 18.7. The SMILES string of the molecule is Cc1ccc(-c2cnn(CC3CCCC3)c2)c(-c2ccc3cc(I)nnc3c2)n1. The normalized spacial score (nSPS) is 14.7. The molecule has 146 valence electrons. The van der Waals surface area contributed by atoms with E-state index in [1.165, 1.54) is 25.7 Å². The van der Waals surface area contributed by atoms with Crippen molar-refractivity contribution in [2.45, 2.75) is 39.2 Å². The number of hydrogen-bond acceptors (Lipinski definition) is 4. The van der Waals surface area contributed by atoms with Crippen LogP contribution in [0.15, 0.2) is 48.8 Å². The van der Waals surface area contributed by atoms with E-state index in [4.69, 9.17) is 4.98 Å². The summed E-state index contributed by atoms with van der Waals surface area (Å²) in [6.45, 7) is 3.04. The van der Waals surface area contributed by atoms with Crippen molar-refractivity contribution in [3.8, 4) is 22.4 Å². The van der Waals surface area contributed by atoms with Gasteiger partial charge >= 0.3 is 0 Å². The lowest BCUT2D eigenvalue weighted by Gasteiger charge is -2.10. The molecule has 1 aliphatic carbocycles. The molecular formula is C23H22IN5. The third kappa shape index (κ3) is 3.90. The maximum Gasteiger partial charge on any atom is 0.124 e. The Labute approximate surface area is 183 Å². The van der Waals surface area contributed by atoms with Crippen molar-refractivity contribution in [3.63, 3.8) is 0 Å². The molecule has 4 aromatic rings. The van der Waals surface area contributed by atoms with Gasteiger partial charge in [-0.3, -0.25) is 9.67 Å². The van der Waals surface area contributed by atoms with Crippen molar-refractivity contribution < 1.29 is 0 Å². The molecule has 0 unspecified atom stereocenters. The van der Waals surface area contributed by atoms with Crippen LogP contribution >= 0.6 is 22.6 Å². The molecule has 3 aromatic heterocycles. The second-order valence-electron chi connectivity index (χ2n) is 7.89. The van der Waals surface area contributed by atoms with Crippen LogP contribution in [0.25, 0.3) is 33.3 Å². The van der Waals surface area contributed by atoms with Crippen LogP contribution in [0.1, 0.15) is 31.4 Å². The van der Waals surface area contributed by atoms with Gasteiger partial charge in [-0.2, -0.15) is 5.10 Å². The number of nitrogens with zero attached hydrogens (tertiary/aromatic N) is 5. The molecule has 0 radical (unpaired) electrons. The average Bonchev–Trinajstić information content (AvgIpc) is 3.40. The lowest BCUT2D eigenvalue weighted by molar-refractivity contribution is 0.429. The van der Waals surface area contributed by atoms with Crippen LogP contribution in [0.5, 0.6) is 0 Å². The van der Waals surface area contributed by atoms with Crippen LogP contribution < -0.4 is 0 Å². The van der Waals surface area contributed by atoms with Gasteiger partial charge in [0.15, 0.2) is 0 Å². The van der Waals surface area contributed by atoms with Crippen LogP contribution in [0, 0.1) is 16.5 Å². The van der Waals surface area contributed by atoms with Gasteiger partial charge in [-0.25, -0.2) is 0 Å². The van der Waals surface area contributed by atoms with Gasteiger partial charge in [0.2, 0.25) is 0 Å². The lowest BCUT2D eigenvalue weighted by atomic mass is 10.00. The Bertz CT molecular complexity index is 1180. The zero-order valence-electron chi connectivity index (χ0n) is 16.3. The van der Waals surface area contributed by atoms with Gasteiger partial charge in [-0.05, 0) is 66.5 Å². The summed E-state index contributed by atoms with van der Waals surface area (Å²) >= 11 is 2.19. The fourth-order valence-corrected chi connectivity index (χ4v) is 4.67. The summed E-state index contributed by atoms with van der Waals surface area (Å²) in [7, 11) is 0. The van der Waals surface area contributed by atoms with E-state index in [0.29, 0.717) is 0 Å². The third-order valence-electron chi connectivity index (χ3n) is 5.73. The molecule has 1 aromatic carbocycles. The Morgan fingerprint density at radius 1 is 1.03 bits per heavy atom. The molecule has 6 heteroatoms. The molecule has 0 atom stereocenters. The number of pyridine rings is 1. The van der Waals surface area contributed by atoms with Crippen molar-refractivity contribution in [2.75, 3.05) is 0 Å². The van der Waals surface area contributed by atoms with E-state index >= 15 is 0 Å². The van der Waals surface area contributed by atoms with E-state index in [0.717, 1.165) is 55.1 Å². The van der Waals surface area contributed by atoms with E-state index in [9.17, 15) is 0 Å². The predicted octanol–water partition coefficient (Wildman–Crippen LogP) is 5.66. The Morgan fingerprint density at radius 3 is 2.76 bits per heavy atom. The topological polar surface area (TPSA) is 56.5 Å². The molecule has 0 N–H and O–H groups in total. The summed E-state index contributed by atoms with van der Waals surface area (Å²) in [5.74, 6) is 0.764. The largest absolute Gasteiger partial charge is 0.272 e. The quantitative estimate of drug-likeness (QED) is 0.343. The van der Waals surface area contributed by atoms with E-state index in [1.54, 1.807) is 0 Å². The summed E-state index contributed by atoms with van der Waals surface area (Å²) in [5, 5.41) is 14.3. The van der Waals surface area contributed by atoms with E-state index in [2.05, 4.69) is 79.1 Å². The monoisotopic (exact) mass is 495 g/mol.